The van der Waals surface area contributed by atoms with Crippen LogP contribution < -0.4 is 5.32 Å². The standard InChI is InChI=1S/C22H33ClN6O/c1-5-24-22(25-15-21(27(3)4)18-6-8-19(23)9-7-18)29-12-10-28(11-13-29)16-20-14-17(2)30-26-20/h6-9,14,21H,5,10-13,15-16H2,1-4H3,(H,24,25). The molecular formula is C22H33ClN6O. The molecule has 1 aromatic heterocycles. The van der Waals surface area contributed by atoms with E-state index in [4.69, 9.17) is 21.1 Å². The zero-order chi connectivity index (χ0) is 21.5. The Bertz CT molecular complexity index is 811. The average Bonchev–Trinajstić information content (AvgIpc) is 3.13. The number of benzene rings is 1. The Morgan fingerprint density at radius 3 is 2.50 bits per heavy atom. The summed E-state index contributed by atoms with van der Waals surface area (Å²) >= 11 is 6.06. The summed E-state index contributed by atoms with van der Waals surface area (Å²) < 4.78 is 5.19. The van der Waals surface area contributed by atoms with E-state index >= 15 is 0 Å². The summed E-state index contributed by atoms with van der Waals surface area (Å²) in [5.41, 5.74) is 2.22. The lowest BCUT2D eigenvalue weighted by Crippen LogP contribution is -2.52. The molecule has 0 aliphatic carbocycles. The molecule has 1 unspecified atom stereocenters. The molecule has 0 spiro atoms. The number of likely N-dealkylation sites (N-methyl/N-ethyl adjacent to an activating group) is 1. The van der Waals surface area contributed by atoms with Crippen LogP contribution in [0, 0.1) is 6.92 Å². The lowest BCUT2D eigenvalue weighted by atomic mass is 10.1. The van der Waals surface area contributed by atoms with Gasteiger partial charge in [0, 0.05) is 50.4 Å². The molecule has 1 saturated heterocycles. The van der Waals surface area contributed by atoms with Crippen LogP contribution in [0.5, 0.6) is 0 Å². The van der Waals surface area contributed by atoms with Crippen LogP contribution in [0.3, 0.4) is 0 Å². The topological polar surface area (TPSA) is 60.1 Å². The van der Waals surface area contributed by atoms with E-state index in [2.05, 4.69) is 58.3 Å². The minimum atomic E-state index is 0.201. The van der Waals surface area contributed by atoms with Gasteiger partial charge in [-0.15, -0.1) is 0 Å². The number of halogens is 1. The van der Waals surface area contributed by atoms with Crippen molar-refractivity contribution in [3.63, 3.8) is 0 Å². The van der Waals surface area contributed by atoms with Gasteiger partial charge in [0.2, 0.25) is 0 Å². The third-order valence-corrected chi connectivity index (χ3v) is 5.61. The molecule has 1 aliphatic heterocycles. The van der Waals surface area contributed by atoms with Crippen LogP contribution in [0.1, 0.15) is 30.0 Å². The molecule has 8 heteroatoms. The fraction of sp³-hybridized carbons (Fsp3) is 0.545. The van der Waals surface area contributed by atoms with E-state index in [1.54, 1.807) is 0 Å². The molecular weight excluding hydrogens is 400 g/mol. The van der Waals surface area contributed by atoms with E-state index in [0.717, 1.165) is 61.7 Å². The predicted molar refractivity (Wildman–Crippen MR) is 122 cm³/mol. The normalized spacial score (nSPS) is 16.9. The summed E-state index contributed by atoms with van der Waals surface area (Å²) in [6.45, 7) is 10.3. The maximum atomic E-state index is 6.06. The Balaban J connectivity index is 1.61. The number of aliphatic imine (C=N–C) groups is 1. The van der Waals surface area contributed by atoms with Crippen LogP contribution in [0.15, 0.2) is 39.8 Å². The molecule has 3 rings (SSSR count). The van der Waals surface area contributed by atoms with Gasteiger partial charge in [0.25, 0.3) is 0 Å². The van der Waals surface area contributed by atoms with Crippen molar-refractivity contribution < 1.29 is 4.52 Å². The fourth-order valence-electron chi connectivity index (χ4n) is 3.69. The van der Waals surface area contributed by atoms with E-state index < -0.39 is 0 Å². The van der Waals surface area contributed by atoms with Crippen molar-refractivity contribution in [1.82, 2.24) is 25.2 Å². The molecule has 1 N–H and O–H groups in total. The Morgan fingerprint density at radius 2 is 1.93 bits per heavy atom. The van der Waals surface area contributed by atoms with Crippen molar-refractivity contribution >= 4 is 17.6 Å². The van der Waals surface area contributed by atoms with Crippen LogP contribution in [-0.2, 0) is 6.54 Å². The third-order valence-electron chi connectivity index (χ3n) is 5.36. The molecule has 164 valence electrons. The zero-order valence-electron chi connectivity index (χ0n) is 18.4. The number of nitrogens with zero attached hydrogens (tertiary/aromatic N) is 5. The number of nitrogens with one attached hydrogen (secondary N) is 1. The molecule has 0 saturated carbocycles. The van der Waals surface area contributed by atoms with E-state index in [1.807, 2.05) is 25.1 Å². The van der Waals surface area contributed by atoms with Gasteiger partial charge < -0.3 is 19.6 Å². The first-order chi connectivity index (χ1) is 14.5. The molecule has 0 amide bonds. The molecule has 1 aromatic carbocycles. The predicted octanol–water partition coefficient (Wildman–Crippen LogP) is 3.02. The van der Waals surface area contributed by atoms with Crippen molar-refractivity contribution in [2.45, 2.75) is 26.4 Å². The monoisotopic (exact) mass is 432 g/mol. The molecule has 0 radical (unpaired) electrons. The molecule has 1 aliphatic rings. The minimum absolute atomic E-state index is 0.201. The summed E-state index contributed by atoms with van der Waals surface area (Å²) in [6, 6.07) is 10.3. The van der Waals surface area contributed by atoms with Gasteiger partial charge in [-0.25, -0.2) is 0 Å². The quantitative estimate of drug-likeness (QED) is 0.536. The van der Waals surface area contributed by atoms with Crippen molar-refractivity contribution in [3.05, 3.63) is 52.4 Å². The molecule has 2 heterocycles. The first kappa shape index (κ1) is 22.6. The summed E-state index contributed by atoms with van der Waals surface area (Å²) in [5.74, 6) is 1.84. The lowest BCUT2D eigenvalue weighted by Gasteiger charge is -2.36. The highest BCUT2D eigenvalue weighted by atomic mass is 35.5. The van der Waals surface area contributed by atoms with Gasteiger partial charge in [-0.3, -0.25) is 9.89 Å². The van der Waals surface area contributed by atoms with Crippen LogP contribution in [0.2, 0.25) is 5.02 Å². The summed E-state index contributed by atoms with van der Waals surface area (Å²) in [7, 11) is 4.18. The number of aryl methyl sites for hydroxylation is 1. The average molecular weight is 433 g/mol. The smallest absolute Gasteiger partial charge is 0.194 e. The summed E-state index contributed by atoms with van der Waals surface area (Å²) in [4.78, 5) is 11.9. The highest BCUT2D eigenvalue weighted by Crippen LogP contribution is 2.21. The first-order valence-electron chi connectivity index (χ1n) is 10.6. The second kappa shape index (κ2) is 10.8. The van der Waals surface area contributed by atoms with Gasteiger partial charge in [-0.1, -0.05) is 28.9 Å². The third kappa shape index (κ3) is 6.20. The zero-order valence-corrected chi connectivity index (χ0v) is 19.2. The van der Waals surface area contributed by atoms with Gasteiger partial charge in [-0.2, -0.15) is 0 Å². The molecule has 30 heavy (non-hydrogen) atoms. The maximum Gasteiger partial charge on any atom is 0.194 e. The van der Waals surface area contributed by atoms with Gasteiger partial charge in [0.15, 0.2) is 5.96 Å². The van der Waals surface area contributed by atoms with Crippen LogP contribution >= 0.6 is 11.6 Å². The fourth-order valence-corrected chi connectivity index (χ4v) is 3.82. The number of hydrogen-bond acceptors (Lipinski definition) is 5. The van der Waals surface area contributed by atoms with Crippen LogP contribution in [-0.4, -0.2) is 79.2 Å². The SMILES string of the molecule is CCNC(=NCC(c1ccc(Cl)cc1)N(C)C)N1CCN(Cc2cc(C)on2)CC1. The highest BCUT2D eigenvalue weighted by Gasteiger charge is 2.21. The first-order valence-corrected chi connectivity index (χ1v) is 10.9. The molecule has 1 atom stereocenters. The van der Waals surface area contributed by atoms with Crippen molar-refractivity contribution in [2.75, 3.05) is 53.4 Å². The number of aromatic nitrogens is 1. The van der Waals surface area contributed by atoms with Gasteiger partial charge in [0.1, 0.15) is 5.76 Å². The van der Waals surface area contributed by atoms with Crippen molar-refractivity contribution in [1.29, 1.82) is 0 Å². The minimum Gasteiger partial charge on any atom is -0.361 e. The summed E-state index contributed by atoms with van der Waals surface area (Å²) in [5, 5.41) is 8.34. The second-order valence-electron chi connectivity index (χ2n) is 7.92. The van der Waals surface area contributed by atoms with Crippen molar-refractivity contribution in [2.24, 2.45) is 4.99 Å². The Kier molecular flexibility index (Phi) is 8.13. The van der Waals surface area contributed by atoms with Gasteiger partial charge >= 0.3 is 0 Å². The Labute approximate surface area is 184 Å². The van der Waals surface area contributed by atoms with E-state index in [-0.39, 0.29) is 6.04 Å². The van der Waals surface area contributed by atoms with E-state index in [9.17, 15) is 0 Å². The molecule has 2 aromatic rings. The highest BCUT2D eigenvalue weighted by molar-refractivity contribution is 6.30. The molecule has 7 nitrogen and oxygen atoms in total. The van der Waals surface area contributed by atoms with Crippen LogP contribution in [0.4, 0.5) is 0 Å². The van der Waals surface area contributed by atoms with E-state index in [1.165, 1.54) is 5.56 Å². The Hall–Kier alpha value is -2.09. The number of hydrogen-bond donors (Lipinski definition) is 1. The number of guanidine groups is 1. The van der Waals surface area contributed by atoms with Crippen molar-refractivity contribution in [3.8, 4) is 0 Å². The van der Waals surface area contributed by atoms with Gasteiger partial charge in [0.05, 0.1) is 18.3 Å². The van der Waals surface area contributed by atoms with E-state index in [0.29, 0.717) is 6.54 Å². The Morgan fingerprint density at radius 1 is 1.23 bits per heavy atom. The molecule has 1 fully saturated rings. The number of piperazine rings is 1. The summed E-state index contributed by atoms with van der Waals surface area (Å²) in [6.07, 6.45) is 0. The lowest BCUT2D eigenvalue weighted by molar-refractivity contribution is 0.168. The second-order valence-corrected chi connectivity index (χ2v) is 8.35. The molecule has 0 bridgehead atoms. The van der Waals surface area contributed by atoms with Crippen LogP contribution in [0.25, 0.3) is 0 Å². The largest absolute Gasteiger partial charge is 0.361 e. The van der Waals surface area contributed by atoms with Gasteiger partial charge in [-0.05, 0) is 45.6 Å². The number of rotatable bonds is 7. The maximum absolute atomic E-state index is 6.06.